The van der Waals surface area contributed by atoms with Crippen LogP contribution < -0.4 is 10.2 Å². The summed E-state index contributed by atoms with van der Waals surface area (Å²) in [5.74, 6) is 0. The molecule has 1 N–H and O–H groups in total. The smallest absolute Gasteiger partial charge is 0.0518 e. The molecule has 0 saturated heterocycles. The average Bonchev–Trinajstić information content (AvgIpc) is 2.85. The molecule has 0 spiro atoms. The van der Waals surface area contributed by atoms with E-state index in [2.05, 4.69) is 46.6 Å². The van der Waals surface area contributed by atoms with Crippen molar-refractivity contribution in [1.82, 2.24) is 15.1 Å². The van der Waals surface area contributed by atoms with E-state index >= 15 is 0 Å². The molecule has 0 unspecified atom stereocenters. The molecule has 0 amide bonds. The SMILES string of the molecule is CN1CCCc2cc(CNCc3ccnn3C)ccc21. The van der Waals surface area contributed by atoms with Gasteiger partial charge in [-0.3, -0.25) is 4.68 Å². The van der Waals surface area contributed by atoms with Crippen LogP contribution >= 0.6 is 0 Å². The Morgan fingerprint density at radius 2 is 2.10 bits per heavy atom. The predicted molar refractivity (Wildman–Crippen MR) is 81.8 cm³/mol. The van der Waals surface area contributed by atoms with E-state index in [9.17, 15) is 0 Å². The first-order chi connectivity index (χ1) is 9.74. The van der Waals surface area contributed by atoms with Gasteiger partial charge >= 0.3 is 0 Å². The number of aromatic nitrogens is 2. The van der Waals surface area contributed by atoms with Crippen LogP contribution in [0.5, 0.6) is 0 Å². The molecular formula is C16H22N4. The monoisotopic (exact) mass is 270 g/mol. The zero-order valence-electron chi connectivity index (χ0n) is 12.3. The minimum Gasteiger partial charge on any atom is -0.374 e. The third-order valence-corrected chi connectivity index (χ3v) is 4.05. The topological polar surface area (TPSA) is 33.1 Å². The molecule has 2 heterocycles. The van der Waals surface area contributed by atoms with Crippen LogP contribution in [-0.4, -0.2) is 23.4 Å². The van der Waals surface area contributed by atoms with Crippen LogP contribution in [0.25, 0.3) is 0 Å². The molecular weight excluding hydrogens is 248 g/mol. The number of rotatable bonds is 4. The van der Waals surface area contributed by atoms with Crippen molar-refractivity contribution in [2.75, 3.05) is 18.5 Å². The lowest BCUT2D eigenvalue weighted by Gasteiger charge is -2.27. The van der Waals surface area contributed by atoms with E-state index in [0.29, 0.717) is 0 Å². The first-order valence-electron chi connectivity index (χ1n) is 7.24. The minimum atomic E-state index is 0.855. The number of benzene rings is 1. The molecule has 20 heavy (non-hydrogen) atoms. The van der Waals surface area contributed by atoms with E-state index in [1.54, 1.807) is 0 Å². The van der Waals surface area contributed by atoms with Crippen molar-refractivity contribution in [1.29, 1.82) is 0 Å². The van der Waals surface area contributed by atoms with Crippen LogP contribution in [0.4, 0.5) is 5.69 Å². The number of anilines is 1. The highest BCUT2D eigenvalue weighted by Gasteiger charge is 2.13. The van der Waals surface area contributed by atoms with Gasteiger partial charge in [-0.2, -0.15) is 5.10 Å². The summed E-state index contributed by atoms with van der Waals surface area (Å²) >= 11 is 0. The molecule has 106 valence electrons. The Morgan fingerprint density at radius 3 is 2.90 bits per heavy atom. The van der Waals surface area contributed by atoms with Gasteiger partial charge in [0, 0.05) is 45.6 Å². The van der Waals surface area contributed by atoms with E-state index in [4.69, 9.17) is 0 Å². The molecule has 1 aliphatic rings. The second-order valence-corrected chi connectivity index (χ2v) is 5.54. The van der Waals surface area contributed by atoms with Gasteiger partial charge in [-0.25, -0.2) is 0 Å². The second-order valence-electron chi connectivity index (χ2n) is 5.54. The molecule has 0 aliphatic carbocycles. The quantitative estimate of drug-likeness (QED) is 0.923. The van der Waals surface area contributed by atoms with Gasteiger partial charge in [0.1, 0.15) is 0 Å². The van der Waals surface area contributed by atoms with E-state index < -0.39 is 0 Å². The second kappa shape index (κ2) is 5.67. The third-order valence-electron chi connectivity index (χ3n) is 4.05. The molecule has 0 atom stereocenters. The molecule has 0 bridgehead atoms. The Kier molecular flexibility index (Phi) is 3.74. The lowest BCUT2D eigenvalue weighted by Crippen LogP contribution is -2.25. The van der Waals surface area contributed by atoms with Crippen molar-refractivity contribution in [3.63, 3.8) is 0 Å². The molecule has 0 fully saturated rings. The fourth-order valence-electron chi connectivity index (χ4n) is 2.86. The van der Waals surface area contributed by atoms with Crippen LogP contribution in [0.3, 0.4) is 0 Å². The minimum absolute atomic E-state index is 0.855. The lowest BCUT2D eigenvalue weighted by molar-refractivity contribution is 0.625. The van der Waals surface area contributed by atoms with Gasteiger partial charge in [0.05, 0.1) is 5.69 Å². The van der Waals surface area contributed by atoms with Crippen molar-refractivity contribution in [3.05, 3.63) is 47.3 Å². The first-order valence-corrected chi connectivity index (χ1v) is 7.24. The summed E-state index contributed by atoms with van der Waals surface area (Å²) in [7, 11) is 4.16. The van der Waals surface area contributed by atoms with Gasteiger partial charge in [-0.15, -0.1) is 0 Å². The summed E-state index contributed by atoms with van der Waals surface area (Å²) in [6.07, 6.45) is 4.30. The highest BCUT2D eigenvalue weighted by atomic mass is 15.3. The zero-order valence-corrected chi connectivity index (χ0v) is 12.3. The summed E-state index contributed by atoms with van der Waals surface area (Å²) in [5.41, 5.74) is 5.45. The molecule has 3 rings (SSSR count). The zero-order chi connectivity index (χ0) is 13.9. The van der Waals surface area contributed by atoms with Crippen LogP contribution in [0.15, 0.2) is 30.5 Å². The Labute approximate surface area is 120 Å². The van der Waals surface area contributed by atoms with E-state index in [1.807, 2.05) is 17.9 Å². The van der Waals surface area contributed by atoms with E-state index in [0.717, 1.165) is 13.1 Å². The number of aryl methyl sites for hydroxylation is 2. The average molecular weight is 270 g/mol. The van der Waals surface area contributed by atoms with Crippen LogP contribution in [0, 0.1) is 0 Å². The standard InChI is InChI=1S/C16H22N4/c1-19-9-3-4-14-10-13(5-6-16(14)19)11-17-12-15-7-8-18-20(15)2/h5-8,10,17H,3-4,9,11-12H2,1-2H3. The van der Waals surface area contributed by atoms with Crippen LogP contribution in [-0.2, 0) is 26.6 Å². The van der Waals surface area contributed by atoms with Crippen molar-refractivity contribution in [2.45, 2.75) is 25.9 Å². The maximum Gasteiger partial charge on any atom is 0.0518 e. The Balaban J connectivity index is 1.62. The van der Waals surface area contributed by atoms with Crippen molar-refractivity contribution >= 4 is 5.69 Å². The Hall–Kier alpha value is -1.81. The summed E-state index contributed by atoms with van der Waals surface area (Å²) in [4.78, 5) is 2.35. The first kappa shape index (κ1) is 13.2. The molecule has 1 aliphatic heterocycles. The fraction of sp³-hybridized carbons (Fsp3) is 0.438. The lowest BCUT2D eigenvalue weighted by atomic mass is 9.99. The van der Waals surface area contributed by atoms with Gasteiger partial charge in [0.15, 0.2) is 0 Å². The molecule has 1 aromatic carbocycles. The number of hydrogen-bond donors (Lipinski definition) is 1. The van der Waals surface area contributed by atoms with Gasteiger partial charge < -0.3 is 10.2 Å². The highest BCUT2D eigenvalue weighted by molar-refractivity contribution is 5.56. The number of nitrogens with zero attached hydrogens (tertiary/aromatic N) is 3. The molecule has 4 nitrogen and oxygen atoms in total. The maximum atomic E-state index is 4.18. The van der Waals surface area contributed by atoms with Gasteiger partial charge in [-0.05, 0) is 36.1 Å². The largest absolute Gasteiger partial charge is 0.374 e. The van der Waals surface area contributed by atoms with Crippen molar-refractivity contribution < 1.29 is 0 Å². The van der Waals surface area contributed by atoms with Gasteiger partial charge in [0.25, 0.3) is 0 Å². The number of fused-ring (bicyclic) bond motifs is 1. The maximum absolute atomic E-state index is 4.18. The summed E-state index contributed by atoms with van der Waals surface area (Å²) in [6.45, 7) is 2.93. The van der Waals surface area contributed by atoms with Crippen LogP contribution in [0.1, 0.15) is 23.2 Å². The Bertz CT molecular complexity index is 588. The molecule has 0 saturated carbocycles. The summed E-state index contributed by atoms with van der Waals surface area (Å²) in [6, 6.07) is 8.89. The predicted octanol–water partition coefficient (Wildman–Crippen LogP) is 2.09. The molecule has 2 aromatic rings. The fourth-order valence-corrected chi connectivity index (χ4v) is 2.86. The van der Waals surface area contributed by atoms with E-state index in [-0.39, 0.29) is 0 Å². The Morgan fingerprint density at radius 1 is 1.20 bits per heavy atom. The highest BCUT2D eigenvalue weighted by Crippen LogP contribution is 2.26. The van der Waals surface area contributed by atoms with Crippen molar-refractivity contribution in [2.24, 2.45) is 7.05 Å². The van der Waals surface area contributed by atoms with Gasteiger partial charge in [-0.1, -0.05) is 12.1 Å². The molecule has 4 heteroatoms. The van der Waals surface area contributed by atoms with Gasteiger partial charge in [0.2, 0.25) is 0 Å². The summed E-state index contributed by atoms with van der Waals surface area (Å²) in [5, 5.41) is 7.67. The molecule has 0 radical (unpaired) electrons. The number of nitrogens with one attached hydrogen (secondary N) is 1. The normalized spacial score (nSPS) is 14.4. The summed E-state index contributed by atoms with van der Waals surface area (Å²) < 4.78 is 1.91. The van der Waals surface area contributed by atoms with Crippen LogP contribution in [0.2, 0.25) is 0 Å². The number of hydrogen-bond acceptors (Lipinski definition) is 3. The van der Waals surface area contributed by atoms with E-state index in [1.165, 1.54) is 41.9 Å². The molecule has 1 aromatic heterocycles. The van der Waals surface area contributed by atoms with Crippen molar-refractivity contribution in [3.8, 4) is 0 Å². The third kappa shape index (κ3) is 2.70.